The average Bonchev–Trinajstić information content (AvgIpc) is 2.22. The SMILES string of the molecule is CCCC1=CC(N)C(CCC)(C(=O)O)C=C1. The van der Waals surface area contributed by atoms with Crippen molar-refractivity contribution in [2.24, 2.45) is 11.1 Å². The molecule has 0 fully saturated rings. The van der Waals surface area contributed by atoms with Gasteiger partial charge in [0.2, 0.25) is 0 Å². The Morgan fingerprint density at radius 3 is 2.62 bits per heavy atom. The molecule has 0 saturated heterocycles. The lowest BCUT2D eigenvalue weighted by Gasteiger charge is -2.33. The quantitative estimate of drug-likeness (QED) is 0.752. The fourth-order valence-corrected chi connectivity index (χ4v) is 2.24. The second-order valence-corrected chi connectivity index (χ2v) is 4.45. The summed E-state index contributed by atoms with van der Waals surface area (Å²) in [6, 6.07) is -0.406. The summed E-state index contributed by atoms with van der Waals surface area (Å²) in [7, 11) is 0. The first-order valence-corrected chi connectivity index (χ1v) is 5.95. The van der Waals surface area contributed by atoms with E-state index < -0.39 is 17.4 Å². The van der Waals surface area contributed by atoms with E-state index in [4.69, 9.17) is 5.73 Å². The number of hydrogen-bond acceptors (Lipinski definition) is 2. The molecule has 0 saturated carbocycles. The van der Waals surface area contributed by atoms with Crippen molar-refractivity contribution in [3.63, 3.8) is 0 Å². The topological polar surface area (TPSA) is 63.3 Å². The van der Waals surface area contributed by atoms with Gasteiger partial charge in [0.15, 0.2) is 0 Å². The van der Waals surface area contributed by atoms with E-state index in [2.05, 4.69) is 6.92 Å². The van der Waals surface area contributed by atoms with Gasteiger partial charge in [-0.2, -0.15) is 0 Å². The van der Waals surface area contributed by atoms with E-state index >= 15 is 0 Å². The number of hydrogen-bond donors (Lipinski definition) is 2. The van der Waals surface area contributed by atoms with E-state index in [1.807, 2.05) is 19.1 Å². The Balaban J connectivity index is 2.93. The van der Waals surface area contributed by atoms with Crippen molar-refractivity contribution < 1.29 is 9.90 Å². The number of allylic oxidation sites excluding steroid dienone is 2. The molecular weight excluding hydrogens is 202 g/mol. The van der Waals surface area contributed by atoms with Gasteiger partial charge in [-0.15, -0.1) is 0 Å². The molecule has 0 radical (unpaired) electrons. The first-order valence-electron chi connectivity index (χ1n) is 5.95. The molecule has 0 aromatic carbocycles. The van der Waals surface area contributed by atoms with Crippen LogP contribution in [0.2, 0.25) is 0 Å². The highest BCUT2D eigenvalue weighted by atomic mass is 16.4. The van der Waals surface area contributed by atoms with Gasteiger partial charge < -0.3 is 10.8 Å². The fourth-order valence-electron chi connectivity index (χ4n) is 2.24. The summed E-state index contributed by atoms with van der Waals surface area (Å²) in [5.74, 6) is -0.815. The lowest BCUT2D eigenvalue weighted by Crippen LogP contribution is -2.46. The van der Waals surface area contributed by atoms with E-state index in [1.165, 1.54) is 0 Å². The highest BCUT2D eigenvalue weighted by Gasteiger charge is 2.41. The number of carboxylic acids is 1. The number of nitrogens with two attached hydrogens (primary N) is 1. The third-order valence-corrected chi connectivity index (χ3v) is 3.18. The zero-order chi connectivity index (χ0) is 12.2. The lowest BCUT2D eigenvalue weighted by atomic mass is 9.73. The van der Waals surface area contributed by atoms with Crippen LogP contribution >= 0.6 is 0 Å². The molecule has 1 aliphatic rings. The Morgan fingerprint density at radius 1 is 1.50 bits per heavy atom. The first-order chi connectivity index (χ1) is 7.56. The number of carboxylic acid groups (broad SMARTS) is 1. The Kier molecular flexibility index (Phi) is 4.30. The first kappa shape index (κ1) is 13.0. The maximum atomic E-state index is 11.4. The van der Waals surface area contributed by atoms with E-state index in [-0.39, 0.29) is 0 Å². The van der Waals surface area contributed by atoms with Gasteiger partial charge >= 0.3 is 5.97 Å². The molecule has 3 heteroatoms. The molecule has 0 heterocycles. The van der Waals surface area contributed by atoms with E-state index in [0.29, 0.717) is 6.42 Å². The maximum Gasteiger partial charge on any atom is 0.315 e. The summed E-state index contributed by atoms with van der Waals surface area (Å²) in [5, 5.41) is 9.35. The van der Waals surface area contributed by atoms with Gasteiger partial charge in [-0.1, -0.05) is 50.5 Å². The normalized spacial score (nSPS) is 28.9. The molecule has 0 aromatic rings. The van der Waals surface area contributed by atoms with Gasteiger partial charge in [0.05, 0.1) is 0 Å². The summed E-state index contributed by atoms with van der Waals surface area (Å²) in [5.41, 5.74) is 6.27. The van der Waals surface area contributed by atoms with Crippen LogP contribution < -0.4 is 5.73 Å². The molecule has 1 rings (SSSR count). The molecule has 3 N–H and O–H groups in total. The minimum absolute atomic E-state index is 0.406. The molecule has 0 aromatic heterocycles. The van der Waals surface area contributed by atoms with Gasteiger partial charge in [-0.05, 0) is 12.8 Å². The van der Waals surface area contributed by atoms with Crippen LogP contribution in [0.25, 0.3) is 0 Å². The summed E-state index contributed by atoms with van der Waals surface area (Å²) < 4.78 is 0. The maximum absolute atomic E-state index is 11.4. The third kappa shape index (κ3) is 2.35. The molecule has 90 valence electrons. The summed E-state index contributed by atoms with van der Waals surface area (Å²) in [6.45, 7) is 4.09. The Bertz CT molecular complexity index is 320. The van der Waals surface area contributed by atoms with Crippen molar-refractivity contribution in [1.29, 1.82) is 0 Å². The number of carbonyl (C=O) groups is 1. The smallest absolute Gasteiger partial charge is 0.315 e. The largest absolute Gasteiger partial charge is 0.481 e. The van der Waals surface area contributed by atoms with Crippen LogP contribution in [0.5, 0.6) is 0 Å². The van der Waals surface area contributed by atoms with Gasteiger partial charge in [0.1, 0.15) is 5.41 Å². The van der Waals surface area contributed by atoms with Crippen LogP contribution in [-0.2, 0) is 4.79 Å². The van der Waals surface area contributed by atoms with Crippen molar-refractivity contribution in [3.05, 3.63) is 23.8 Å². The van der Waals surface area contributed by atoms with Crippen LogP contribution in [0, 0.1) is 5.41 Å². The zero-order valence-corrected chi connectivity index (χ0v) is 10.1. The van der Waals surface area contributed by atoms with Crippen molar-refractivity contribution in [2.75, 3.05) is 0 Å². The van der Waals surface area contributed by atoms with Crippen molar-refractivity contribution in [2.45, 2.75) is 45.6 Å². The van der Waals surface area contributed by atoms with Crippen LogP contribution in [0.1, 0.15) is 39.5 Å². The Labute approximate surface area is 97.0 Å². The molecule has 0 amide bonds. The predicted molar refractivity (Wildman–Crippen MR) is 65.1 cm³/mol. The summed E-state index contributed by atoms with van der Waals surface area (Å²) >= 11 is 0. The van der Waals surface area contributed by atoms with E-state index in [9.17, 15) is 9.90 Å². The van der Waals surface area contributed by atoms with Gasteiger partial charge in [-0.25, -0.2) is 0 Å². The van der Waals surface area contributed by atoms with Gasteiger partial charge in [0.25, 0.3) is 0 Å². The summed E-state index contributed by atoms with van der Waals surface area (Å²) in [6.07, 6.45) is 9.05. The van der Waals surface area contributed by atoms with Crippen LogP contribution in [0.3, 0.4) is 0 Å². The second kappa shape index (κ2) is 5.30. The van der Waals surface area contributed by atoms with Crippen LogP contribution in [-0.4, -0.2) is 17.1 Å². The van der Waals surface area contributed by atoms with Gasteiger partial charge in [0, 0.05) is 6.04 Å². The highest BCUT2D eigenvalue weighted by Crippen LogP contribution is 2.35. The molecule has 2 atom stereocenters. The summed E-state index contributed by atoms with van der Waals surface area (Å²) in [4.78, 5) is 11.4. The zero-order valence-electron chi connectivity index (χ0n) is 10.1. The van der Waals surface area contributed by atoms with Crippen LogP contribution in [0.4, 0.5) is 0 Å². The van der Waals surface area contributed by atoms with Gasteiger partial charge in [-0.3, -0.25) is 4.79 Å². The van der Waals surface area contributed by atoms with E-state index in [1.54, 1.807) is 6.08 Å². The number of aliphatic carboxylic acids is 1. The third-order valence-electron chi connectivity index (χ3n) is 3.18. The predicted octanol–water partition coefficient (Wildman–Crippen LogP) is 2.48. The molecule has 0 bridgehead atoms. The molecule has 2 unspecified atom stereocenters. The minimum Gasteiger partial charge on any atom is -0.481 e. The van der Waals surface area contributed by atoms with Crippen molar-refractivity contribution >= 4 is 5.97 Å². The van der Waals surface area contributed by atoms with Crippen molar-refractivity contribution in [1.82, 2.24) is 0 Å². The number of rotatable bonds is 5. The molecule has 0 spiro atoms. The van der Waals surface area contributed by atoms with Crippen LogP contribution in [0.15, 0.2) is 23.8 Å². The molecule has 1 aliphatic carbocycles. The standard InChI is InChI=1S/C13H21NO2/c1-3-5-10-6-8-13(7-4-2,12(15)16)11(14)9-10/h6,8-9,11H,3-5,7,14H2,1-2H3,(H,15,16). The Morgan fingerprint density at radius 2 is 2.19 bits per heavy atom. The molecular formula is C13H21NO2. The molecule has 0 aliphatic heterocycles. The average molecular weight is 223 g/mol. The second-order valence-electron chi connectivity index (χ2n) is 4.45. The monoisotopic (exact) mass is 223 g/mol. The minimum atomic E-state index is -0.897. The van der Waals surface area contributed by atoms with E-state index in [0.717, 1.165) is 24.8 Å². The molecule has 3 nitrogen and oxygen atoms in total. The highest BCUT2D eigenvalue weighted by molar-refractivity contribution is 5.79. The fraction of sp³-hybridized carbons (Fsp3) is 0.615. The van der Waals surface area contributed by atoms with Crippen molar-refractivity contribution in [3.8, 4) is 0 Å². The molecule has 16 heavy (non-hydrogen) atoms. The Hall–Kier alpha value is -1.09. The lowest BCUT2D eigenvalue weighted by molar-refractivity contribution is -0.147.